The van der Waals surface area contributed by atoms with Crippen LogP contribution >= 0.6 is 11.6 Å². The first-order chi connectivity index (χ1) is 16.8. The highest BCUT2D eigenvalue weighted by molar-refractivity contribution is 6.31. The highest BCUT2D eigenvalue weighted by atomic mass is 35.5. The first-order valence-electron chi connectivity index (χ1n) is 10.7. The van der Waals surface area contributed by atoms with Gasteiger partial charge in [0.25, 0.3) is 0 Å². The number of imidazole rings is 1. The van der Waals surface area contributed by atoms with Gasteiger partial charge in [-0.05, 0) is 30.3 Å². The minimum absolute atomic E-state index is 0.0355. The van der Waals surface area contributed by atoms with E-state index < -0.39 is 17.6 Å². The van der Waals surface area contributed by atoms with Crippen molar-refractivity contribution in [3.63, 3.8) is 0 Å². The molecule has 0 radical (unpaired) electrons. The van der Waals surface area contributed by atoms with E-state index in [0.29, 0.717) is 54.9 Å². The van der Waals surface area contributed by atoms with E-state index in [4.69, 9.17) is 11.6 Å². The molecular formula is C23H18ClF4N7. The number of pyridine rings is 1. The summed E-state index contributed by atoms with van der Waals surface area (Å²) in [6, 6.07) is 8.37. The Balaban J connectivity index is 1.45. The molecule has 4 heterocycles. The Labute approximate surface area is 202 Å². The number of nitrogens with zero attached hydrogens (tertiary/aromatic N) is 6. The van der Waals surface area contributed by atoms with Crippen LogP contribution in [0.3, 0.4) is 0 Å². The van der Waals surface area contributed by atoms with Crippen LogP contribution < -0.4 is 9.80 Å². The highest BCUT2D eigenvalue weighted by Gasteiger charge is 2.36. The van der Waals surface area contributed by atoms with Gasteiger partial charge >= 0.3 is 6.18 Å². The van der Waals surface area contributed by atoms with Crippen molar-refractivity contribution in [1.29, 1.82) is 0 Å². The third-order valence-corrected chi connectivity index (χ3v) is 5.92. The molecule has 0 bridgehead atoms. The topological polar surface area (TPSA) is 73.8 Å². The van der Waals surface area contributed by atoms with Gasteiger partial charge in [-0.15, -0.1) is 0 Å². The van der Waals surface area contributed by atoms with Crippen molar-refractivity contribution in [3.05, 3.63) is 71.4 Å². The Kier molecular flexibility index (Phi) is 6.01. The summed E-state index contributed by atoms with van der Waals surface area (Å²) >= 11 is 5.97. The summed E-state index contributed by atoms with van der Waals surface area (Å²) in [6.07, 6.45) is 0.0844. The average Bonchev–Trinajstić information content (AvgIpc) is 3.40. The molecule has 1 aromatic carbocycles. The smallest absolute Gasteiger partial charge is 0.353 e. The first-order valence-corrected chi connectivity index (χ1v) is 11.0. The second-order valence-corrected chi connectivity index (χ2v) is 8.26. The van der Waals surface area contributed by atoms with Crippen LogP contribution in [0.15, 0.2) is 55.0 Å². The predicted octanol–water partition coefficient (Wildman–Crippen LogP) is 5.07. The number of nitrogens with one attached hydrogen (secondary N) is 1. The van der Waals surface area contributed by atoms with Gasteiger partial charge in [0, 0.05) is 56.4 Å². The van der Waals surface area contributed by atoms with Gasteiger partial charge in [-0.25, -0.2) is 24.3 Å². The molecule has 1 N–H and O–H groups in total. The molecule has 0 spiro atoms. The highest BCUT2D eigenvalue weighted by Crippen LogP contribution is 2.36. The van der Waals surface area contributed by atoms with Crippen LogP contribution in [0.4, 0.5) is 29.2 Å². The molecule has 7 nitrogen and oxygen atoms in total. The molecule has 1 aliphatic rings. The summed E-state index contributed by atoms with van der Waals surface area (Å²) in [5.74, 6) is 0.719. The van der Waals surface area contributed by atoms with Crippen LogP contribution in [0.25, 0.3) is 22.9 Å². The Morgan fingerprint density at radius 3 is 2.37 bits per heavy atom. The number of piperazine rings is 1. The maximum absolute atomic E-state index is 13.7. The maximum atomic E-state index is 13.7. The number of hydrogen-bond donors (Lipinski definition) is 1. The van der Waals surface area contributed by atoms with Gasteiger partial charge in [0.05, 0.1) is 16.3 Å². The quantitative estimate of drug-likeness (QED) is 0.392. The molecular weight excluding hydrogens is 486 g/mol. The van der Waals surface area contributed by atoms with E-state index >= 15 is 0 Å². The molecule has 35 heavy (non-hydrogen) atoms. The lowest BCUT2D eigenvalue weighted by Gasteiger charge is -2.37. The lowest BCUT2D eigenvalue weighted by molar-refractivity contribution is -0.137. The van der Waals surface area contributed by atoms with Gasteiger partial charge in [0.2, 0.25) is 0 Å². The summed E-state index contributed by atoms with van der Waals surface area (Å²) in [4.78, 5) is 23.9. The largest absolute Gasteiger partial charge is 0.419 e. The number of aromatic nitrogens is 5. The first kappa shape index (κ1) is 23.0. The van der Waals surface area contributed by atoms with Gasteiger partial charge in [0.1, 0.15) is 17.5 Å². The molecule has 1 saturated heterocycles. The third kappa shape index (κ3) is 4.76. The van der Waals surface area contributed by atoms with E-state index in [9.17, 15) is 17.6 Å². The van der Waals surface area contributed by atoms with Crippen LogP contribution in [0, 0.1) is 5.82 Å². The van der Waals surface area contributed by atoms with E-state index in [0.717, 1.165) is 6.07 Å². The molecule has 12 heteroatoms. The van der Waals surface area contributed by atoms with Crippen molar-refractivity contribution in [1.82, 2.24) is 24.9 Å². The molecule has 4 aromatic rings. The zero-order valence-corrected chi connectivity index (χ0v) is 18.9. The molecule has 0 amide bonds. The molecule has 0 unspecified atom stereocenters. The minimum Gasteiger partial charge on any atom is -0.353 e. The fourth-order valence-electron chi connectivity index (χ4n) is 3.91. The van der Waals surface area contributed by atoms with Crippen LogP contribution in [-0.4, -0.2) is 51.1 Å². The summed E-state index contributed by atoms with van der Waals surface area (Å²) in [6.45, 7) is 1.45. The Bertz CT molecular complexity index is 1340. The lowest BCUT2D eigenvalue weighted by Crippen LogP contribution is -2.47. The van der Waals surface area contributed by atoms with E-state index in [1.54, 1.807) is 29.4 Å². The molecule has 180 valence electrons. The maximum Gasteiger partial charge on any atom is 0.419 e. The second-order valence-electron chi connectivity index (χ2n) is 7.85. The number of alkyl halides is 3. The molecule has 0 saturated carbocycles. The van der Waals surface area contributed by atoms with Crippen molar-refractivity contribution >= 4 is 23.2 Å². The van der Waals surface area contributed by atoms with E-state index in [1.807, 2.05) is 4.90 Å². The van der Waals surface area contributed by atoms with Gasteiger partial charge in [0.15, 0.2) is 11.6 Å². The summed E-state index contributed by atoms with van der Waals surface area (Å²) in [5, 5.41) is -0.0355. The SMILES string of the molecule is Fc1ccc(-c2cc(N3CCN(c4ncccc4C(F)(F)F)CC3)nc(-c3ncc[nH]3)n2)cc1Cl. The number of rotatable bonds is 4. The predicted molar refractivity (Wildman–Crippen MR) is 124 cm³/mol. The van der Waals surface area contributed by atoms with E-state index in [-0.39, 0.29) is 10.8 Å². The number of halogens is 5. The molecule has 3 aromatic heterocycles. The van der Waals surface area contributed by atoms with Crippen LogP contribution in [0.1, 0.15) is 5.56 Å². The number of benzene rings is 1. The van der Waals surface area contributed by atoms with Crippen LogP contribution in [0.5, 0.6) is 0 Å². The average molecular weight is 504 g/mol. The van der Waals surface area contributed by atoms with Crippen molar-refractivity contribution in [2.45, 2.75) is 6.18 Å². The number of hydrogen-bond acceptors (Lipinski definition) is 6. The fraction of sp³-hybridized carbons (Fsp3) is 0.217. The van der Waals surface area contributed by atoms with Gasteiger partial charge in [-0.2, -0.15) is 13.2 Å². The van der Waals surface area contributed by atoms with Crippen molar-refractivity contribution in [2.24, 2.45) is 0 Å². The zero-order valence-electron chi connectivity index (χ0n) is 18.1. The third-order valence-electron chi connectivity index (χ3n) is 5.63. The Hall–Kier alpha value is -3.73. The molecule has 0 aliphatic carbocycles. The van der Waals surface area contributed by atoms with Crippen LogP contribution in [0.2, 0.25) is 5.02 Å². The van der Waals surface area contributed by atoms with Crippen molar-refractivity contribution in [3.8, 4) is 22.9 Å². The van der Waals surface area contributed by atoms with E-state index in [2.05, 4.69) is 24.9 Å². The minimum atomic E-state index is -4.49. The zero-order chi connectivity index (χ0) is 24.6. The molecule has 1 aliphatic heterocycles. The summed E-state index contributed by atoms with van der Waals surface area (Å²) < 4.78 is 54.0. The normalized spacial score (nSPS) is 14.4. The summed E-state index contributed by atoms with van der Waals surface area (Å²) in [5.41, 5.74) is 0.343. The van der Waals surface area contributed by atoms with Crippen molar-refractivity contribution < 1.29 is 17.6 Å². The molecule has 0 atom stereocenters. The van der Waals surface area contributed by atoms with Crippen LogP contribution in [-0.2, 0) is 6.18 Å². The van der Waals surface area contributed by atoms with Crippen molar-refractivity contribution in [2.75, 3.05) is 36.0 Å². The monoisotopic (exact) mass is 503 g/mol. The van der Waals surface area contributed by atoms with Gasteiger partial charge in [-0.3, -0.25) is 0 Å². The second kappa shape index (κ2) is 9.14. The molecule has 1 fully saturated rings. The fourth-order valence-corrected chi connectivity index (χ4v) is 4.09. The lowest BCUT2D eigenvalue weighted by atomic mass is 10.1. The van der Waals surface area contributed by atoms with Gasteiger partial charge in [-0.1, -0.05) is 11.6 Å². The number of aromatic amines is 1. The number of H-pyrrole nitrogens is 1. The Morgan fingerprint density at radius 1 is 0.914 bits per heavy atom. The molecule has 5 rings (SSSR count). The number of anilines is 2. The standard InChI is InChI=1S/C23H18ClF4N7/c24-16-12-14(3-4-17(16)25)18-13-19(33-21(32-18)20-29-6-7-30-20)34-8-10-35(11-9-34)22-15(23(26,27)28)2-1-5-31-22/h1-7,12-13H,8-11H2,(H,29,30). The summed E-state index contributed by atoms with van der Waals surface area (Å²) in [7, 11) is 0. The van der Waals surface area contributed by atoms with E-state index in [1.165, 1.54) is 24.4 Å². The van der Waals surface area contributed by atoms with Gasteiger partial charge < -0.3 is 14.8 Å². The Morgan fingerprint density at radius 2 is 1.69 bits per heavy atom.